The Kier molecular flexibility index (Phi) is 3.28. The minimum Gasteiger partial charge on any atom is -0.593 e. The molecule has 1 atom stereocenters. The SMILES string of the molecule is Cc1cc([OH2+])c(C2(Br)COc3cc(C)c(C)cc32)cc1C. The van der Waals surface area contributed by atoms with Crippen molar-refractivity contribution in [2.24, 2.45) is 0 Å². The molecule has 0 aliphatic carbocycles. The topological polar surface area (TPSA) is 32.1 Å². The van der Waals surface area contributed by atoms with Crippen LogP contribution in [0, 0.1) is 27.7 Å². The Morgan fingerprint density at radius 2 is 1.43 bits per heavy atom. The van der Waals surface area contributed by atoms with E-state index in [1.165, 1.54) is 16.7 Å². The third kappa shape index (κ3) is 2.15. The molecule has 0 spiro atoms. The summed E-state index contributed by atoms with van der Waals surface area (Å²) >= 11 is 3.88. The van der Waals surface area contributed by atoms with Crippen LogP contribution in [0.1, 0.15) is 33.4 Å². The molecular formula is C18H20BrO2+. The summed E-state index contributed by atoms with van der Waals surface area (Å²) in [5, 5.41) is 8.35. The predicted molar refractivity (Wildman–Crippen MR) is 90.1 cm³/mol. The monoisotopic (exact) mass is 347 g/mol. The quantitative estimate of drug-likeness (QED) is 0.556. The van der Waals surface area contributed by atoms with E-state index >= 15 is 0 Å². The maximum atomic E-state index is 8.35. The molecule has 110 valence electrons. The van der Waals surface area contributed by atoms with Gasteiger partial charge in [0.1, 0.15) is 16.7 Å². The van der Waals surface area contributed by atoms with Gasteiger partial charge in [0, 0.05) is 11.6 Å². The van der Waals surface area contributed by atoms with Crippen LogP contribution in [0.4, 0.5) is 0 Å². The Labute approximate surface area is 133 Å². The Morgan fingerprint density at radius 1 is 0.905 bits per heavy atom. The summed E-state index contributed by atoms with van der Waals surface area (Å²) in [6.07, 6.45) is 0. The van der Waals surface area contributed by atoms with Gasteiger partial charge >= 0.3 is 0 Å². The summed E-state index contributed by atoms with van der Waals surface area (Å²) in [5.41, 5.74) is 6.95. The molecule has 3 heteroatoms. The predicted octanol–water partition coefficient (Wildman–Crippen LogP) is 4.39. The van der Waals surface area contributed by atoms with Gasteiger partial charge in [0.05, 0.1) is 5.56 Å². The van der Waals surface area contributed by atoms with Crippen LogP contribution in [0.5, 0.6) is 11.5 Å². The number of ether oxygens (including phenoxy) is 1. The van der Waals surface area contributed by atoms with Crippen LogP contribution in [0.15, 0.2) is 24.3 Å². The molecule has 2 N–H and O–H groups in total. The van der Waals surface area contributed by atoms with Crippen molar-refractivity contribution in [1.82, 2.24) is 0 Å². The fourth-order valence-corrected chi connectivity index (χ4v) is 3.59. The highest BCUT2D eigenvalue weighted by molar-refractivity contribution is 9.09. The molecule has 21 heavy (non-hydrogen) atoms. The van der Waals surface area contributed by atoms with Crippen LogP contribution >= 0.6 is 15.9 Å². The van der Waals surface area contributed by atoms with Crippen molar-refractivity contribution in [2.45, 2.75) is 32.0 Å². The number of hydrogen-bond donors (Lipinski definition) is 0. The van der Waals surface area contributed by atoms with Gasteiger partial charge in [0.25, 0.3) is 5.75 Å². The maximum absolute atomic E-state index is 8.35. The summed E-state index contributed by atoms with van der Waals surface area (Å²) in [6.45, 7) is 8.87. The van der Waals surface area contributed by atoms with Crippen LogP contribution in [0.3, 0.4) is 0 Å². The first kappa shape index (κ1) is 14.5. The number of hydrogen-bond acceptors (Lipinski definition) is 1. The van der Waals surface area contributed by atoms with Crippen LogP contribution < -0.4 is 4.74 Å². The minimum absolute atomic E-state index is 0.420. The van der Waals surface area contributed by atoms with Crippen molar-refractivity contribution in [1.29, 1.82) is 0 Å². The molecule has 1 aliphatic heterocycles. The highest BCUT2D eigenvalue weighted by Crippen LogP contribution is 2.51. The number of benzene rings is 2. The molecule has 0 radical (unpaired) electrons. The lowest BCUT2D eigenvalue weighted by Gasteiger charge is -2.22. The van der Waals surface area contributed by atoms with Gasteiger partial charge in [-0.2, -0.15) is 0 Å². The van der Waals surface area contributed by atoms with Crippen molar-refractivity contribution < 1.29 is 9.84 Å². The van der Waals surface area contributed by atoms with Gasteiger partial charge in [-0.25, -0.2) is 0 Å². The lowest BCUT2D eigenvalue weighted by molar-refractivity contribution is 0.331. The zero-order chi connectivity index (χ0) is 15.4. The molecule has 0 fully saturated rings. The number of rotatable bonds is 1. The van der Waals surface area contributed by atoms with Crippen molar-refractivity contribution in [2.75, 3.05) is 6.61 Å². The number of alkyl halides is 1. The van der Waals surface area contributed by atoms with Crippen molar-refractivity contribution in [3.63, 3.8) is 0 Å². The van der Waals surface area contributed by atoms with Crippen LogP contribution in [0.2, 0.25) is 0 Å². The van der Waals surface area contributed by atoms with Crippen LogP contribution in [-0.4, -0.2) is 11.7 Å². The van der Waals surface area contributed by atoms with Gasteiger partial charge in [-0.05, 0) is 62.1 Å². The van der Waals surface area contributed by atoms with E-state index < -0.39 is 4.32 Å². The smallest absolute Gasteiger partial charge is 0.259 e. The van der Waals surface area contributed by atoms with E-state index in [0.717, 1.165) is 22.4 Å². The van der Waals surface area contributed by atoms with E-state index in [0.29, 0.717) is 12.4 Å². The first-order chi connectivity index (χ1) is 9.83. The molecule has 0 aromatic heterocycles. The van der Waals surface area contributed by atoms with Crippen LogP contribution in [0.25, 0.3) is 0 Å². The molecule has 0 saturated heterocycles. The summed E-state index contributed by atoms with van der Waals surface area (Å²) in [7, 11) is 0. The maximum Gasteiger partial charge on any atom is 0.259 e. The lowest BCUT2D eigenvalue weighted by Crippen LogP contribution is -2.22. The van der Waals surface area contributed by atoms with E-state index in [1.54, 1.807) is 0 Å². The van der Waals surface area contributed by atoms with Gasteiger partial charge in [-0.15, -0.1) is 0 Å². The molecule has 1 aliphatic rings. The van der Waals surface area contributed by atoms with Crippen LogP contribution in [-0.2, 0) is 4.32 Å². The molecule has 0 amide bonds. The highest BCUT2D eigenvalue weighted by atomic mass is 79.9. The molecule has 1 unspecified atom stereocenters. The third-order valence-electron chi connectivity index (χ3n) is 4.51. The van der Waals surface area contributed by atoms with Gasteiger partial charge in [0.15, 0.2) is 0 Å². The fraction of sp³-hybridized carbons (Fsp3) is 0.333. The third-order valence-corrected chi connectivity index (χ3v) is 5.59. The second kappa shape index (κ2) is 4.77. The van der Waals surface area contributed by atoms with Gasteiger partial charge < -0.3 is 9.84 Å². The molecular weight excluding hydrogens is 328 g/mol. The summed E-state index contributed by atoms with van der Waals surface area (Å²) < 4.78 is 5.48. The average Bonchev–Trinajstić information content (AvgIpc) is 2.73. The van der Waals surface area contributed by atoms with Crippen molar-refractivity contribution in [3.8, 4) is 11.5 Å². The van der Waals surface area contributed by atoms with E-state index in [1.807, 2.05) is 13.0 Å². The first-order valence-corrected chi connectivity index (χ1v) is 7.89. The van der Waals surface area contributed by atoms with Crippen molar-refractivity contribution >= 4 is 15.9 Å². The molecule has 2 nitrogen and oxygen atoms in total. The van der Waals surface area contributed by atoms with E-state index in [9.17, 15) is 0 Å². The minimum atomic E-state index is -0.420. The second-order valence-electron chi connectivity index (χ2n) is 6.00. The lowest BCUT2D eigenvalue weighted by atomic mass is 9.88. The molecule has 2 aromatic rings. The largest absolute Gasteiger partial charge is 0.593 e. The van der Waals surface area contributed by atoms with E-state index in [4.69, 9.17) is 9.84 Å². The van der Waals surface area contributed by atoms with Gasteiger partial charge in [-0.1, -0.05) is 22.0 Å². The number of fused-ring (bicyclic) bond motifs is 1. The Morgan fingerprint density at radius 3 is 2.10 bits per heavy atom. The average molecular weight is 348 g/mol. The zero-order valence-corrected chi connectivity index (χ0v) is 14.4. The summed E-state index contributed by atoms with van der Waals surface area (Å²) in [6, 6.07) is 8.33. The molecule has 2 aromatic carbocycles. The summed E-state index contributed by atoms with van der Waals surface area (Å²) in [4.78, 5) is 0. The van der Waals surface area contributed by atoms with E-state index in [2.05, 4.69) is 54.9 Å². The molecule has 1 heterocycles. The molecule has 0 bridgehead atoms. The summed E-state index contributed by atoms with van der Waals surface area (Å²) in [5.74, 6) is 1.48. The molecule has 3 rings (SSSR count). The van der Waals surface area contributed by atoms with Crippen molar-refractivity contribution in [3.05, 3.63) is 57.6 Å². The number of aryl methyl sites for hydroxylation is 4. The van der Waals surface area contributed by atoms with E-state index in [-0.39, 0.29) is 0 Å². The Hall–Kier alpha value is -1.48. The first-order valence-electron chi connectivity index (χ1n) is 7.09. The highest BCUT2D eigenvalue weighted by Gasteiger charge is 2.43. The standard InChI is InChI=1S/C18H19BrO2/c1-10-5-14(16(20)7-12(10)3)18(19)9-21-17-8-13(4)11(2)6-15(17)18/h5-8,20H,9H2,1-4H3/p+1. The fourth-order valence-electron chi connectivity index (χ4n) is 2.84. The Bertz CT molecular complexity index is 736. The number of halogens is 1. The van der Waals surface area contributed by atoms with Gasteiger partial charge in [0.2, 0.25) is 0 Å². The Balaban J connectivity index is 2.22. The normalized spacial score (nSPS) is 20.2. The van der Waals surface area contributed by atoms with Gasteiger partial charge in [-0.3, -0.25) is 0 Å². The zero-order valence-electron chi connectivity index (χ0n) is 12.8. The second-order valence-corrected chi connectivity index (χ2v) is 7.36. The molecule has 0 saturated carbocycles.